The molecule has 0 amide bonds. The largest absolute Gasteiger partial charge is 0.236 e. The van der Waals surface area contributed by atoms with Crippen LogP contribution in [-0.2, 0) is 0 Å². The second kappa shape index (κ2) is 3.11. The molecule has 1 heterocycles. The van der Waals surface area contributed by atoms with Crippen LogP contribution in [0.3, 0.4) is 0 Å². The van der Waals surface area contributed by atoms with Gasteiger partial charge in [-0.15, -0.1) is 0 Å². The molecule has 1 aromatic rings. The highest BCUT2D eigenvalue weighted by molar-refractivity contribution is 5.48. The minimum absolute atomic E-state index is 0.271. The maximum atomic E-state index is 6.84. The smallest absolute Gasteiger partial charge is 0.211 e. The Bertz CT molecular complexity index is 286. The third-order valence-corrected chi connectivity index (χ3v) is 1.39. The zero-order valence-corrected chi connectivity index (χ0v) is 6.57. The van der Waals surface area contributed by atoms with Gasteiger partial charge in [-0.25, -0.2) is 4.85 Å². The van der Waals surface area contributed by atoms with Crippen molar-refractivity contribution in [2.75, 3.05) is 0 Å². The Morgan fingerprint density at radius 2 is 2.27 bits per heavy atom. The van der Waals surface area contributed by atoms with Gasteiger partial charge in [-0.05, 0) is 12.0 Å². The van der Waals surface area contributed by atoms with Gasteiger partial charge in [0.2, 0.25) is 5.69 Å². The Morgan fingerprint density at radius 1 is 1.55 bits per heavy atom. The third kappa shape index (κ3) is 1.53. The van der Waals surface area contributed by atoms with Crippen LogP contribution in [-0.4, -0.2) is 10.2 Å². The third-order valence-electron chi connectivity index (χ3n) is 1.39. The monoisotopic (exact) mass is 147 g/mol. The fraction of sp³-hybridized carbons (Fsp3) is 0.375. The van der Waals surface area contributed by atoms with Gasteiger partial charge in [-0.1, -0.05) is 13.8 Å². The van der Waals surface area contributed by atoms with Crippen molar-refractivity contribution in [2.24, 2.45) is 0 Å². The van der Waals surface area contributed by atoms with Crippen molar-refractivity contribution in [3.05, 3.63) is 29.4 Å². The van der Waals surface area contributed by atoms with E-state index in [9.17, 15) is 0 Å². The second-order valence-corrected chi connectivity index (χ2v) is 2.57. The molecule has 0 bridgehead atoms. The second-order valence-electron chi connectivity index (χ2n) is 2.57. The fourth-order valence-corrected chi connectivity index (χ4v) is 0.842. The molecule has 0 radical (unpaired) electrons. The Kier molecular flexibility index (Phi) is 2.17. The Labute approximate surface area is 65.9 Å². The molecule has 56 valence electrons. The fourth-order valence-electron chi connectivity index (χ4n) is 0.842. The molecule has 0 aliphatic carbocycles. The molecule has 0 aromatic carbocycles. The first-order chi connectivity index (χ1) is 5.25. The van der Waals surface area contributed by atoms with Gasteiger partial charge in [-0.3, -0.25) is 0 Å². The van der Waals surface area contributed by atoms with Crippen LogP contribution in [0.1, 0.15) is 25.5 Å². The standard InChI is InChI=1S/C8H9N3/c1-6(2)8-7(9-3)4-5-10-11-8/h4-6H,1-2H3. The van der Waals surface area contributed by atoms with Gasteiger partial charge in [0, 0.05) is 6.20 Å². The normalized spacial score (nSPS) is 9.64. The number of aromatic nitrogens is 2. The molecule has 0 N–H and O–H groups in total. The van der Waals surface area contributed by atoms with Crippen molar-refractivity contribution in [2.45, 2.75) is 19.8 Å². The molecule has 0 aliphatic rings. The number of rotatable bonds is 1. The number of hydrogen-bond donors (Lipinski definition) is 0. The highest BCUT2D eigenvalue weighted by atomic mass is 15.1. The van der Waals surface area contributed by atoms with Crippen LogP contribution in [0, 0.1) is 6.57 Å². The SMILES string of the molecule is [C-]#[N+]c1ccnnc1C(C)C. The lowest BCUT2D eigenvalue weighted by Crippen LogP contribution is -1.93. The Morgan fingerprint density at radius 3 is 2.73 bits per heavy atom. The summed E-state index contributed by atoms with van der Waals surface area (Å²) in [5.41, 5.74) is 1.39. The van der Waals surface area contributed by atoms with Gasteiger partial charge in [0.05, 0.1) is 12.3 Å². The molecule has 0 saturated carbocycles. The van der Waals surface area contributed by atoms with E-state index in [0.717, 1.165) is 5.69 Å². The highest BCUT2D eigenvalue weighted by Crippen LogP contribution is 2.22. The lowest BCUT2D eigenvalue weighted by atomic mass is 10.1. The van der Waals surface area contributed by atoms with E-state index >= 15 is 0 Å². The van der Waals surface area contributed by atoms with Crippen molar-refractivity contribution in [1.82, 2.24) is 10.2 Å². The summed E-state index contributed by atoms with van der Waals surface area (Å²) in [6.07, 6.45) is 1.54. The van der Waals surface area contributed by atoms with E-state index in [0.29, 0.717) is 5.69 Å². The van der Waals surface area contributed by atoms with E-state index in [4.69, 9.17) is 6.57 Å². The first-order valence-corrected chi connectivity index (χ1v) is 3.44. The summed E-state index contributed by atoms with van der Waals surface area (Å²) in [6.45, 7) is 10.8. The molecule has 1 rings (SSSR count). The first-order valence-electron chi connectivity index (χ1n) is 3.44. The molecule has 3 nitrogen and oxygen atoms in total. The highest BCUT2D eigenvalue weighted by Gasteiger charge is 2.06. The van der Waals surface area contributed by atoms with Crippen molar-refractivity contribution >= 4 is 5.69 Å². The lowest BCUT2D eigenvalue weighted by Gasteiger charge is -2.03. The maximum Gasteiger partial charge on any atom is 0.211 e. The molecule has 3 heteroatoms. The minimum Gasteiger partial charge on any atom is -0.236 e. The van der Waals surface area contributed by atoms with E-state index in [-0.39, 0.29) is 5.92 Å². The summed E-state index contributed by atoms with van der Waals surface area (Å²) in [7, 11) is 0. The molecule has 0 unspecified atom stereocenters. The molecule has 0 fully saturated rings. The maximum absolute atomic E-state index is 6.84. The molecule has 11 heavy (non-hydrogen) atoms. The topological polar surface area (TPSA) is 30.1 Å². The van der Waals surface area contributed by atoms with Crippen LogP contribution in [0.2, 0.25) is 0 Å². The molecule has 0 aliphatic heterocycles. The summed E-state index contributed by atoms with van der Waals surface area (Å²) in [5.74, 6) is 0.271. The van der Waals surface area contributed by atoms with E-state index in [1.807, 2.05) is 13.8 Å². The van der Waals surface area contributed by atoms with Crippen LogP contribution in [0.25, 0.3) is 4.85 Å². The predicted octanol–water partition coefficient (Wildman–Crippen LogP) is 2.15. The predicted molar refractivity (Wildman–Crippen MR) is 42.4 cm³/mol. The number of hydrogen-bond acceptors (Lipinski definition) is 2. The van der Waals surface area contributed by atoms with Crippen LogP contribution in [0.5, 0.6) is 0 Å². The van der Waals surface area contributed by atoms with Gasteiger partial charge in [-0.2, -0.15) is 10.2 Å². The Balaban J connectivity index is 3.15. The van der Waals surface area contributed by atoms with Crippen molar-refractivity contribution in [3.8, 4) is 0 Å². The van der Waals surface area contributed by atoms with E-state index < -0.39 is 0 Å². The average Bonchev–Trinajstić information content (AvgIpc) is 2.04. The van der Waals surface area contributed by atoms with Crippen molar-refractivity contribution in [3.63, 3.8) is 0 Å². The molecule has 0 spiro atoms. The van der Waals surface area contributed by atoms with Gasteiger partial charge >= 0.3 is 0 Å². The van der Waals surface area contributed by atoms with E-state index in [2.05, 4.69) is 15.0 Å². The van der Waals surface area contributed by atoms with Crippen LogP contribution in [0.15, 0.2) is 12.3 Å². The zero-order chi connectivity index (χ0) is 8.27. The number of nitrogens with zero attached hydrogens (tertiary/aromatic N) is 3. The zero-order valence-electron chi connectivity index (χ0n) is 6.57. The quantitative estimate of drug-likeness (QED) is 0.570. The molecule has 1 aromatic heterocycles. The summed E-state index contributed by atoms with van der Waals surface area (Å²) < 4.78 is 0. The molecular weight excluding hydrogens is 138 g/mol. The van der Waals surface area contributed by atoms with Crippen LogP contribution >= 0.6 is 0 Å². The molecule has 0 saturated heterocycles. The van der Waals surface area contributed by atoms with Crippen molar-refractivity contribution in [1.29, 1.82) is 0 Å². The summed E-state index contributed by atoms with van der Waals surface area (Å²) in [4.78, 5) is 3.34. The molecule has 0 atom stereocenters. The summed E-state index contributed by atoms with van der Waals surface area (Å²) >= 11 is 0. The van der Waals surface area contributed by atoms with Crippen LogP contribution < -0.4 is 0 Å². The molecular formula is C8H9N3. The van der Waals surface area contributed by atoms with E-state index in [1.165, 1.54) is 0 Å². The average molecular weight is 147 g/mol. The van der Waals surface area contributed by atoms with Gasteiger partial charge in [0.1, 0.15) is 0 Å². The van der Waals surface area contributed by atoms with Crippen molar-refractivity contribution < 1.29 is 0 Å². The van der Waals surface area contributed by atoms with Crippen LogP contribution in [0.4, 0.5) is 5.69 Å². The van der Waals surface area contributed by atoms with Gasteiger partial charge in [0.25, 0.3) is 0 Å². The summed E-state index contributed by atoms with van der Waals surface area (Å²) in [5, 5.41) is 7.61. The van der Waals surface area contributed by atoms with Gasteiger partial charge < -0.3 is 0 Å². The first kappa shape index (κ1) is 7.67. The van der Waals surface area contributed by atoms with Gasteiger partial charge in [0.15, 0.2) is 0 Å². The summed E-state index contributed by atoms with van der Waals surface area (Å²) in [6, 6.07) is 1.69. The van der Waals surface area contributed by atoms with E-state index in [1.54, 1.807) is 12.3 Å². The Hall–Kier alpha value is -1.43. The lowest BCUT2D eigenvalue weighted by molar-refractivity contribution is 0.791. The minimum atomic E-state index is 0.271.